The van der Waals surface area contributed by atoms with E-state index in [0.29, 0.717) is 18.8 Å². The first-order valence-electron chi connectivity index (χ1n) is 8.56. The number of aryl methyl sites for hydroxylation is 2. The lowest BCUT2D eigenvalue weighted by molar-refractivity contribution is -0.137. The number of nitrogens with zero attached hydrogens (tertiary/aromatic N) is 3. The van der Waals surface area contributed by atoms with Gasteiger partial charge in [0.25, 0.3) is 11.8 Å². The number of amides is 2. The van der Waals surface area contributed by atoms with Crippen molar-refractivity contribution < 1.29 is 27.5 Å². The second kappa shape index (κ2) is 7.53. The van der Waals surface area contributed by atoms with Crippen LogP contribution in [-0.2, 0) is 22.8 Å². The van der Waals surface area contributed by atoms with Gasteiger partial charge in [0.05, 0.1) is 11.3 Å². The van der Waals surface area contributed by atoms with Crippen LogP contribution in [0.4, 0.5) is 19.0 Å². The zero-order chi connectivity index (χ0) is 20.5. The Kier molecular flexibility index (Phi) is 5.30. The second-order valence-corrected chi connectivity index (χ2v) is 6.48. The maximum absolute atomic E-state index is 12.5. The molecule has 1 saturated heterocycles. The van der Waals surface area contributed by atoms with Crippen molar-refractivity contribution >= 4 is 17.6 Å². The fourth-order valence-electron chi connectivity index (χ4n) is 3.02. The number of nitrogens with one attached hydrogen (secondary N) is 1. The van der Waals surface area contributed by atoms with Gasteiger partial charge < -0.3 is 10.1 Å². The van der Waals surface area contributed by atoms with E-state index in [1.165, 1.54) is 0 Å². The summed E-state index contributed by atoms with van der Waals surface area (Å²) in [5.41, 5.74) is -0.0194. The third kappa shape index (κ3) is 4.26. The van der Waals surface area contributed by atoms with E-state index < -0.39 is 30.3 Å². The third-order valence-electron chi connectivity index (χ3n) is 4.35. The fourth-order valence-corrected chi connectivity index (χ4v) is 3.02. The Morgan fingerprint density at radius 3 is 2.57 bits per heavy atom. The van der Waals surface area contributed by atoms with E-state index in [0.717, 1.165) is 30.0 Å². The van der Waals surface area contributed by atoms with Crippen LogP contribution in [0, 0.1) is 6.92 Å². The number of hydrogen-bond donors (Lipinski definition) is 1. The Morgan fingerprint density at radius 1 is 1.32 bits per heavy atom. The highest BCUT2D eigenvalue weighted by Gasteiger charge is 2.35. The summed E-state index contributed by atoms with van der Waals surface area (Å²) in [6.45, 7) is 1.87. The summed E-state index contributed by atoms with van der Waals surface area (Å²) in [5, 5.41) is 6.80. The summed E-state index contributed by atoms with van der Waals surface area (Å²) in [4.78, 5) is 26.1. The van der Waals surface area contributed by atoms with Crippen LogP contribution < -0.4 is 15.0 Å². The SMILES string of the molecule is Cc1cc(N2CCC(NC(=O)COc3ccc(C(F)(F)F)cc3)C2=O)n(C)n1. The summed E-state index contributed by atoms with van der Waals surface area (Å²) in [6, 6.07) is 5.14. The van der Waals surface area contributed by atoms with E-state index in [2.05, 4.69) is 10.4 Å². The van der Waals surface area contributed by atoms with Crippen molar-refractivity contribution in [3.05, 3.63) is 41.6 Å². The molecule has 0 aliphatic carbocycles. The molecule has 10 heteroatoms. The lowest BCUT2D eigenvalue weighted by atomic mass is 10.2. The zero-order valence-electron chi connectivity index (χ0n) is 15.3. The molecular weight excluding hydrogens is 377 g/mol. The maximum Gasteiger partial charge on any atom is 0.416 e. The second-order valence-electron chi connectivity index (χ2n) is 6.48. The highest BCUT2D eigenvalue weighted by atomic mass is 19.4. The molecule has 2 aromatic rings. The van der Waals surface area contributed by atoms with Crippen LogP contribution in [0.1, 0.15) is 17.7 Å². The first-order chi connectivity index (χ1) is 13.1. The van der Waals surface area contributed by atoms with Crippen molar-refractivity contribution in [1.82, 2.24) is 15.1 Å². The Bertz CT molecular complexity index is 877. The number of ether oxygens (including phenoxy) is 1. The van der Waals surface area contributed by atoms with E-state index in [9.17, 15) is 22.8 Å². The van der Waals surface area contributed by atoms with E-state index in [-0.39, 0.29) is 11.7 Å². The van der Waals surface area contributed by atoms with Crippen molar-refractivity contribution in [1.29, 1.82) is 0 Å². The first-order valence-corrected chi connectivity index (χ1v) is 8.56. The number of aromatic nitrogens is 2. The van der Waals surface area contributed by atoms with Crippen LogP contribution in [0.25, 0.3) is 0 Å². The molecule has 1 fully saturated rings. The van der Waals surface area contributed by atoms with E-state index >= 15 is 0 Å². The molecule has 28 heavy (non-hydrogen) atoms. The summed E-state index contributed by atoms with van der Waals surface area (Å²) >= 11 is 0. The van der Waals surface area contributed by atoms with Gasteiger partial charge in [0.2, 0.25) is 0 Å². The van der Waals surface area contributed by atoms with Crippen molar-refractivity contribution in [2.24, 2.45) is 7.05 Å². The highest BCUT2D eigenvalue weighted by Crippen LogP contribution is 2.30. The quantitative estimate of drug-likeness (QED) is 0.839. The van der Waals surface area contributed by atoms with Gasteiger partial charge in [-0.1, -0.05) is 0 Å². The molecule has 0 spiro atoms. The molecule has 1 aromatic carbocycles. The number of hydrogen-bond acceptors (Lipinski definition) is 4. The zero-order valence-corrected chi connectivity index (χ0v) is 15.3. The number of alkyl halides is 3. The summed E-state index contributed by atoms with van der Waals surface area (Å²) < 4.78 is 44.4. The van der Waals surface area contributed by atoms with Gasteiger partial charge in [0, 0.05) is 19.7 Å². The van der Waals surface area contributed by atoms with Gasteiger partial charge in [-0.3, -0.25) is 19.2 Å². The Balaban J connectivity index is 1.53. The molecule has 2 amide bonds. The summed E-state index contributed by atoms with van der Waals surface area (Å²) in [7, 11) is 1.74. The van der Waals surface area contributed by atoms with E-state index in [1.54, 1.807) is 22.7 Å². The Hall–Kier alpha value is -3.04. The van der Waals surface area contributed by atoms with Crippen LogP contribution in [-0.4, -0.2) is 40.8 Å². The monoisotopic (exact) mass is 396 g/mol. The minimum absolute atomic E-state index is 0.132. The highest BCUT2D eigenvalue weighted by molar-refractivity contribution is 6.00. The van der Waals surface area contributed by atoms with E-state index in [1.807, 2.05) is 6.92 Å². The normalized spacial score (nSPS) is 17.1. The molecule has 1 unspecified atom stereocenters. The number of rotatable bonds is 5. The molecule has 7 nitrogen and oxygen atoms in total. The smallest absolute Gasteiger partial charge is 0.416 e. The third-order valence-corrected chi connectivity index (χ3v) is 4.35. The van der Waals surface area contributed by atoms with Gasteiger partial charge in [0.1, 0.15) is 17.6 Å². The average molecular weight is 396 g/mol. The minimum Gasteiger partial charge on any atom is -0.484 e. The van der Waals surface area contributed by atoms with E-state index in [4.69, 9.17) is 4.74 Å². The van der Waals surface area contributed by atoms with Crippen LogP contribution in [0.15, 0.2) is 30.3 Å². The van der Waals surface area contributed by atoms with Gasteiger partial charge in [-0.05, 0) is 37.6 Å². The minimum atomic E-state index is -4.43. The molecule has 1 aliphatic rings. The Labute approximate surface area is 159 Å². The molecule has 3 rings (SSSR count). The molecule has 0 radical (unpaired) electrons. The number of carbonyl (C=O) groups is 2. The lowest BCUT2D eigenvalue weighted by Crippen LogP contribution is -2.43. The Morgan fingerprint density at radius 2 is 2.00 bits per heavy atom. The molecule has 150 valence electrons. The number of anilines is 1. The molecule has 1 aliphatic heterocycles. The molecular formula is C18H19F3N4O3. The van der Waals surface area contributed by atoms with Crippen LogP contribution >= 0.6 is 0 Å². The molecule has 1 atom stereocenters. The van der Waals surface area contributed by atoms with Gasteiger partial charge in [0.15, 0.2) is 6.61 Å². The number of benzene rings is 1. The predicted molar refractivity (Wildman–Crippen MR) is 93.8 cm³/mol. The van der Waals surface area contributed by atoms with Crippen molar-refractivity contribution in [3.8, 4) is 5.75 Å². The van der Waals surface area contributed by atoms with Crippen molar-refractivity contribution in [3.63, 3.8) is 0 Å². The van der Waals surface area contributed by atoms with Gasteiger partial charge in [-0.15, -0.1) is 0 Å². The molecule has 1 N–H and O–H groups in total. The maximum atomic E-state index is 12.5. The average Bonchev–Trinajstić information content (AvgIpc) is 3.14. The lowest BCUT2D eigenvalue weighted by Gasteiger charge is -2.17. The summed E-state index contributed by atoms with van der Waals surface area (Å²) in [6.07, 6.45) is -3.99. The first kappa shape index (κ1) is 19.7. The van der Waals surface area contributed by atoms with Crippen LogP contribution in [0.5, 0.6) is 5.75 Å². The summed E-state index contributed by atoms with van der Waals surface area (Å²) in [5.74, 6) is 0.0142. The molecule has 2 heterocycles. The number of carbonyl (C=O) groups excluding carboxylic acids is 2. The fraction of sp³-hybridized carbons (Fsp3) is 0.389. The van der Waals surface area contributed by atoms with Crippen LogP contribution in [0.3, 0.4) is 0 Å². The predicted octanol–water partition coefficient (Wildman–Crippen LogP) is 2.05. The standard InChI is InChI=1S/C18H19F3N4O3/c1-11-9-16(24(2)23-11)25-8-7-14(17(25)27)22-15(26)10-28-13-5-3-12(4-6-13)18(19,20)21/h3-6,9,14H,7-8,10H2,1-2H3,(H,22,26). The van der Waals surface area contributed by atoms with Crippen molar-refractivity contribution in [2.75, 3.05) is 18.1 Å². The van der Waals surface area contributed by atoms with Crippen molar-refractivity contribution in [2.45, 2.75) is 25.6 Å². The molecule has 0 saturated carbocycles. The van der Waals surface area contributed by atoms with Gasteiger partial charge >= 0.3 is 6.18 Å². The van der Waals surface area contributed by atoms with Gasteiger partial charge in [-0.25, -0.2) is 0 Å². The topological polar surface area (TPSA) is 76.5 Å². The number of halogens is 3. The molecule has 1 aromatic heterocycles. The largest absolute Gasteiger partial charge is 0.484 e. The van der Waals surface area contributed by atoms with Gasteiger partial charge in [-0.2, -0.15) is 18.3 Å². The molecule has 0 bridgehead atoms. The van der Waals surface area contributed by atoms with Crippen LogP contribution in [0.2, 0.25) is 0 Å².